The molecule has 2 nitrogen and oxygen atoms in total. The number of hydrogen-bond acceptors (Lipinski definition) is 2. The maximum absolute atomic E-state index is 3.47. The van der Waals surface area contributed by atoms with Crippen LogP contribution < -0.4 is 5.32 Å². The topological polar surface area (TPSA) is 15.3 Å². The first-order chi connectivity index (χ1) is 10.3. The van der Waals surface area contributed by atoms with Gasteiger partial charge in [0.25, 0.3) is 0 Å². The van der Waals surface area contributed by atoms with Gasteiger partial charge >= 0.3 is 0 Å². The summed E-state index contributed by atoms with van der Waals surface area (Å²) in [6, 6.07) is 0. The van der Waals surface area contributed by atoms with E-state index in [0.717, 1.165) is 17.3 Å². The predicted octanol–water partition coefficient (Wildman–Crippen LogP) is 4.55. The molecule has 0 aromatic carbocycles. The third-order valence-electron chi connectivity index (χ3n) is 5.45. The summed E-state index contributed by atoms with van der Waals surface area (Å²) in [5.41, 5.74) is 0.796. The van der Waals surface area contributed by atoms with Crippen LogP contribution in [0.25, 0.3) is 0 Å². The van der Waals surface area contributed by atoms with Crippen molar-refractivity contribution in [3.63, 3.8) is 0 Å². The van der Waals surface area contributed by atoms with Crippen molar-refractivity contribution in [2.24, 2.45) is 17.3 Å². The number of rotatable bonds is 2. The average molecular weight is 297 g/mol. The van der Waals surface area contributed by atoms with Gasteiger partial charge in [-0.1, -0.05) is 34.6 Å². The molecule has 1 spiro atoms. The minimum Gasteiger partial charge on any atom is -0.317 e. The molecule has 1 saturated carbocycles. The van der Waals surface area contributed by atoms with Crippen LogP contribution in [0.2, 0.25) is 0 Å². The van der Waals surface area contributed by atoms with E-state index in [4.69, 9.17) is 0 Å². The van der Waals surface area contributed by atoms with E-state index in [-0.39, 0.29) is 0 Å². The molecule has 0 amide bonds. The molecule has 0 bridgehead atoms. The van der Waals surface area contributed by atoms with Crippen LogP contribution >= 0.6 is 0 Å². The van der Waals surface area contributed by atoms with Gasteiger partial charge < -0.3 is 10.2 Å². The first-order valence-corrected chi connectivity index (χ1v) is 9.69. The quantitative estimate of drug-likeness (QED) is 0.804. The summed E-state index contributed by atoms with van der Waals surface area (Å²) in [5.74, 6) is 2.00. The zero-order valence-electron chi connectivity index (χ0n) is 15.4. The predicted molar refractivity (Wildman–Crippen MR) is 94.8 cm³/mol. The smallest absolute Gasteiger partial charge is 0.00106 e. The Bertz CT molecular complexity index is 242. The lowest BCUT2D eigenvalue weighted by molar-refractivity contribution is -0.0105. The van der Waals surface area contributed by atoms with Crippen molar-refractivity contribution < 1.29 is 0 Å². The maximum atomic E-state index is 3.47. The molecule has 2 aliphatic heterocycles. The number of likely N-dealkylation sites (tertiary alicyclic amines) is 1. The van der Waals surface area contributed by atoms with E-state index in [1.54, 1.807) is 0 Å². The molecule has 3 rings (SSSR count). The summed E-state index contributed by atoms with van der Waals surface area (Å²) in [6.07, 6.45) is 8.82. The zero-order valence-corrected chi connectivity index (χ0v) is 15.4. The van der Waals surface area contributed by atoms with Gasteiger partial charge in [0.2, 0.25) is 0 Å². The van der Waals surface area contributed by atoms with Gasteiger partial charge in [-0.2, -0.15) is 0 Å². The van der Waals surface area contributed by atoms with Crippen molar-refractivity contribution >= 4 is 0 Å². The molecule has 0 aromatic rings. The second-order valence-corrected chi connectivity index (χ2v) is 7.01. The standard InChI is InChI=1S/C15H28N2.2C2H6/c1-13-10-15(11-13)4-8-17(9-5-15)12-14-2-6-16-7-3-14;2*1-2/h13-14,16H,2-12H2,1H3;2*1-2H3. The van der Waals surface area contributed by atoms with Gasteiger partial charge in [-0.25, -0.2) is 0 Å². The molecule has 0 radical (unpaired) electrons. The second kappa shape index (κ2) is 9.84. The Morgan fingerprint density at radius 3 is 1.95 bits per heavy atom. The molecule has 2 heterocycles. The normalized spacial score (nSPS) is 26.1. The molecule has 3 aliphatic rings. The van der Waals surface area contributed by atoms with Gasteiger partial charge in [-0.15, -0.1) is 0 Å². The van der Waals surface area contributed by atoms with Crippen LogP contribution in [0.15, 0.2) is 0 Å². The first kappa shape index (κ1) is 19.0. The molecule has 126 valence electrons. The van der Waals surface area contributed by atoms with Crippen LogP contribution in [0.4, 0.5) is 0 Å². The van der Waals surface area contributed by atoms with E-state index >= 15 is 0 Å². The van der Waals surface area contributed by atoms with Gasteiger partial charge in [-0.3, -0.25) is 0 Å². The fraction of sp³-hybridized carbons (Fsp3) is 1.00. The maximum Gasteiger partial charge on any atom is 0.00106 e. The van der Waals surface area contributed by atoms with Gasteiger partial charge in [0, 0.05) is 6.54 Å². The van der Waals surface area contributed by atoms with E-state index < -0.39 is 0 Å². The fourth-order valence-corrected chi connectivity index (χ4v) is 4.47. The van der Waals surface area contributed by atoms with Crippen molar-refractivity contribution in [1.82, 2.24) is 10.2 Å². The molecule has 2 saturated heterocycles. The van der Waals surface area contributed by atoms with Crippen molar-refractivity contribution in [2.75, 3.05) is 32.7 Å². The Balaban J connectivity index is 0.000000510. The van der Waals surface area contributed by atoms with E-state index in [0.29, 0.717) is 0 Å². The molecule has 21 heavy (non-hydrogen) atoms. The molecule has 2 heteroatoms. The van der Waals surface area contributed by atoms with E-state index in [1.165, 1.54) is 71.2 Å². The largest absolute Gasteiger partial charge is 0.317 e. The van der Waals surface area contributed by atoms with Crippen LogP contribution in [0, 0.1) is 17.3 Å². The molecule has 0 aromatic heterocycles. The number of nitrogens with zero attached hydrogens (tertiary/aromatic N) is 1. The summed E-state index contributed by atoms with van der Waals surface area (Å²) in [7, 11) is 0. The Labute approximate surface area is 134 Å². The van der Waals surface area contributed by atoms with Crippen molar-refractivity contribution in [3.8, 4) is 0 Å². The SMILES string of the molecule is CC.CC.CC1CC2(CCN(CC3CCNCC3)CC2)C1. The van der Waals surface area contributed by atoms with E-state index in [2.05, 4.69) is 17.1 Å². The van der Waals surface area contributed by atoms with Crippen molar-refractivity contribution in [3.05, 3.63) is 0 Å². The summed E-state index contributed by atoms with van der Waals surface area (Å²) in [4.78, 5) is 2.75. The highest BCUT2D eigenvalue weighted by Gasteiger charge is 2.43. The van der Waals surface area contributed by atoms with Crippen LogP contribution in [0.1, 0.15) is 73.1 Å². The van der Waals surface area contributed by atoms with Crippen LogP contribution in [0.5, 0.6) is 0 Å². The summed E-state index contributed by atoms with van der Waals surface area (Å²) in [5, 5.41) is 3.47. The summed E-state index contributed by atoms with van der Waals surface area (Å²) < 4.78 is 0. The number of piperidine rings is 2. The highest BCUT2D eigenvalue weighted by atomic mass is 15.1. The summed E-state index contributed by atoms with van der Waals surface area (Å²) in [6.45, 7) is 17.1. The highest BCUT2D eigenvalue weighted by Crippen LogP contribution is 2.52. The van der Waals surface area contributed by atoms with Crippen molar-refractivity contribution in [1.29, 1.82) is 0 Å². The third kappa shape index (κ3) is 5.56. The lowest BCUT2D eigenvalue weighted by Crippen LogP contribution is -2.48. The van der Waals surface area contributed by atoms with Gasteiger partial charge in [0.15, 0.2) is 0 Å². The Kier molecular flexibility index (Phi) is 8.89. The Morgan fingerprint density at radius 2 is 1.48 bits per heavy atom. The van der Waals surface area contributed by atoms with Gasteiger partial charge in [-0.05, 0) is 82.0 Å². The lowest BCUT2D eigenvalue weighted by Gasteiger charge is -2.52. The Morgan fingerprint density at radius 1 is 0.952 bits per heavy atom. The number of nitrogens with one attached hydrogen (secondary N) is 1. The summed E-state index contributed by atoms with van der Waals surface area (Å²) >= 11 is 0. The molecular weight excluding hydrogens is 256 g/mol. The minimum atomic E-state index is 0.796. The monoisotopic (exact) mass is 296 g/mol. The average Bonchev–Trinajstić information content (AvgIpc) is 2.53. The van der Waals surface area contributed by atoms with Crippen molar-refractivity contribution in [2.45, 2.75) is 73.1 Å². The highest BCUT2D eigenvalue weighted by molar-refractivity contribution is 4.95. The third-order valence-corrected chi connectivity index (χ3v) is 5.45. The van der Waals surface area contributed by atoms with Gasteiger partial charge in [0.1, 0.15) is 0 Å². The second-order valence-electron chi connectivity index (χ2n) is 7.01. The van der Waals surface area contributed by atoms with E-state index in [9.17, 15) is 0 Å². The lowest BCUT2D eigenvalue weighted by atomic mass is 9.58. The number of hydrogen-bond donors (Lipinski definition) is 1. The van der Waals surface area contributed by atoms with Gasteiger partial charge in [0.05, 0.1) is 0 Å². The van der Waals surface area contributed by atoms with Crippen LogP contribution in [0.3, 0.4) is 0 Å². The molecule has 0 unspecified atom stereocenters. The fourth-order valence-electron chi connectivity index (χ4n) is 4.47. The Hall–Kier alpha value is -0.0800. The van der Waals surface area contributed by atoms with E-state index in [1.807, 2.05) is 27.7 Å². The molecule has 0 atom stereocenters. The zero-order chi connectivity index (χ0) is 15.7. The molecule has 1 N–H and O–H groups in total. The molecule has 3 fully saturated rings. The molecule has 1 aliphatic carbocycles. The molecular formula is C19H40N2. The minimum absolute atomic E-state index is 0.796. The van der Waals surface area contributed by atoms with Crippen LogP contribution in [-0.4, -0.2) is 37.6 Å². The van der Waals surface area contributed by atoms with Crippen LogP contribution in [-0.2, 0) is 0 Å². The first-order valence-electron chi connectivity index (χ1n) is 9.69.